The number of rotatable bonds is 4. The monoisotopic (exact) mass is 499 g/mol. The van der Waals surface area contributed by atoms with E-state index in [1.54, 1.807) is 10.8 Å². The van der Waals surface area contributed by atoms with Crippen molar-refractivity contribution in [1.29, 1.82) is 5.26 Å². The first-order chi connectivity index (χ1) is 17.8. The first-order valence-corrected chi connectivity index (χ1v) is 13.6. The van der Waals surface area contributed by atoms with Gasteiger partial charge >= 0.3 is 5.69 Å². The molecule has 5 rings (SSSR count). The van der Waals surface area contributed by atoms with Gasteiger partial charge in [0.25, 0.3) is 0 Å². The molecule has 0 radical (unpaired) electrons. The average Bonchev–Trinajstić information content (AvgIpc) is 2.89. The fourth-order valence-corrected chi connectivity index (χ4v) is 5.94. The lowest BCUT2D eigenvalue weighted by Crippen LogP contribution is -2.55. The number of nitriles is 1. The quantitative estimate of drug-likeness (QED) is 0.555. The molecule has 0 amide bonds. The minimum Gasteiger partial charge on any atom is -0.350 e. The highest BCUT2D eigenvalue weighted by Gasteiger charge is 2.30. The van der Waals surface area contributed by atoms with E-state index in [1.165, 1.54) is 6.42 Å². The van der Waals surface area contributed by atoms with Crippen LogP contribution in [-0.4, -0.2) is 44.7 Å². The molecule has 2 fully saturated rings. The molecule has 2 atom stereocenters. The maximum Gasteiger partial charge on any atom is 0.355 e. The van der Waals surface area contributed by atoms with Crippen molar-refractivity contribution >= 4 is 16.9 Å². The molecule has 8 nitrogen and oxygen atoms in total. The molecule has 2 aliphatic rings. The zero-order valence-electron chi connectivity index (χ0n) is 22.6. The number of aryl methyl sites for hydroxylation is 1. The van der Waals surface area contributed by atoms with Gasteiger partial charge in [-0.15, -0.1) is 0 Å². The molecular formula is C29H37N7O. The van der Waals surface area contributed by atoms with Crippen LogP contribution in [0, 0.1) is 18.3 Å². The van der Waals surface area contributed by atoms with E-state index in [9.17, 15) is 10.1 Å². The van der Waals surface area contributed by atoms with Crippen molar-refractivity contribution in [1.82, 2.24) is 24.8 Å². The molecule has 0 aromatic carbocycles. The third-order valence-corrected chi connectivity index (χ3v) is 7.95. The molecular weight excluding hydrogens is 462 g/mol. The number of aromatic nitrogens is 4. The molecule has 3 aromatic rings. The molecule has 37 heavy (non-hydrogen) atoms. The van der Waals surface area contributed by atoms with Gasteiger partial charge < -0.3 is 10.2 Å². The number of nitrogens with one attached hydrogen (secondary N) is 1. The zero-order valence-corrected chi connectivity index (χ0v) is 22.6. The Bertz CT molecular complexity index is 1410. The summed E-state index contributed by atoms with van der Waals surface area (Å²) in [6.45, 7) is 12.0. The van der Waals surface area contributed by atoms with Gasteiger partial charge in [-0.3, -0.25) is 4.98 Å². The van der Waals surface area contributed by atoms with Gasteiger partial charge in [0, 0.05) is 37.3 Å². The summed E-state index contributed by atoms with van der Waals surface area (Å²) < 4.78 is 1.65. The fraction of sp³-hybridized carbons (Fsp3) is 0.552. The van der Waals surface area contributed by atoms with Crippen LogP contribution in [0.3, 0.4) is 0 Å². The third kappa shape index (κ3) is 4.61. The van der Waals surface area contributed by atoms with E-state index in [1.807, 2.05) is 19.1 Å². The number of nitrogens with zero attached hydrogens (tertiary/aromatic N) is 6. The van der Waals surface area contributed by atoms with Crippen LogP contribution in [0.5, 0.6) is 0 Å². The smallest absolute Gasteiger partial charge is 0.350 e. The predicted molar refractivity (Wildman–Crippen MR) is 147 cm³/mol. The molecule has 4 heterocycles. The Morgan fingerprint density at radius 2 is 1.92 bits per heavy atom. The van der Waals surface area contributed by atoms with Crippen LogP contribution in [0.2, 0.25) is 0 Å². The van der Waals surface area contributed by atoms with Gasteiger partial charge in [-0.1, -0.05) is 33.1 Å². The summed E-state index contributed by atoms with van der Waals surface area (Å²) in [4.78, 5) is 30.6. The summed E-state index contributed by atoms with van der Waals surface area (Å²) in [7, 11) is 0. The fourth-order valence-electron chi connectivity index (χ4n) is 5.94. The number of hydrogen-bond donors (Lipinski definition) is 1. The van der Waals surface area contributed by atoms with E-state index in [4.69, 9.17) is 4.98 Å². The highest BCUT2D eigenvalue weighted by Crippen LogP contribution is 2.37. The third-order valence-electron chi connectivity index (χ3n) is 7.95. The molecule has 8 heteroatoms. The molecule has 1 saturated carbocycles. The Labute approximate surface area is 218 Å². The van der Waals surface area contributed by atoms with Crippen LogP contribution >= 0.6 is 0 Å². The molecule has 3 aromatic heterocycles. The van der Waals surface area contributed by atoms with E-state index < -0.39 is 0 Å². The SMILES string of the molecule is Cc1ccnc(C(C)C)c1-n1c(=O)nc(N2C[C@@H](C)NC[C@@H]2C)c2cc(C#N)c(C3CCCCC3)nc21. The van der Waals surface area contributed by atoms with Gasteiger partial charge in [0.15, 0.2) is 5.65 Å². The van der Waals surface area contributed by atoms with Crippen LogP contribution in [0.25, 0.3) is 16.7 Å². The van der Waals surface area contributed by atoms with Crippen molar-refractivity contribution in [2.45, 2.75) is 90.6 Å². The van der Waals surface area contributed by atoms with Crippen LogP contribution in [0.4, 0.5) is 5.82 Å². The van der Waals surface area contributed by atoms with Crippen molar-refractivity contribution in [2.75, 3.05) is 18.0 Å². The van der Waals surface area contributed by atoms with Gasteiger partial charge in [-0.25, -0.2) is 14.3 Å². The first-order valence-electron chi connectivity index (χ1n) is 13.6. The van der Waals surface area contributed by atoms with E-state index in [2.05, 4.69) is 53.9 Å². The van der Waals surface area contributed by atoms with Gasteiger partial charge in [0.2, 0.25) is 0 Å². The molecule has 0 unspecified atom stereocenters. The summed E-state index contributed by atoms with van der Waals surface area (Å²) >= 11 is 0. The Morgan fingerprint density at radius 3 is 2.62 bits per heavy atom. The summed E-state index contributed by atoms with van der Waals surface area (Å²) in [5, 5.41) is 14.4. The second kappa shape index (κ2) is 10.2. The number of anilines is 1. The molecule has 1 saturated heterocycles. The van der Waals surface area contributed by atoms with E-state index >= 15 is 0 Å². The predicted octanol–water partition coefficient (Wildman–Crippen LogP) is 4.71. The first kappa shape index (κ1) is 25.3. The van der Waals surface area contributed by atoms with Crippen LogP contribution in [0.15, 0.2) is 23.1 Å². The van der Waals surface area contributed by atoms with Gasteiger partial charge in [0.05, 0.1) is 28.0 Å². The lowest BCUT2D eigenvalue weighted by Gasteiger charge is -2.39. The van der Waals surface area contributed by atoms with Crippen LogP contribution in [0.1, 0.15) is 94.1 Å². The van der Waals surface area contributed by atoms with Crippen molar-refractivity contribution in [3.05, 3.63) is 51.3 Å². The Morgan fingerprint density at radius 1 is 1.16 bits per heavy atom. The molecule has 1 aliphatic carbocycles. The van der Waals surface area contributed by atoms with Crippen molar-refractivity contribution in [2.24, 2.45) is 0 Å². The summed E-state index contributed by atoms with van der Waals surface area (Å²) in [6, 6.07) is 6.70. The summed E-state index contributed by atoms with van der Waals surface area (Å²) in [5.41, 5.74) is 4.17. The van der Waals surface area contributed by atoms with E-state index in [0.717, 1.165) is 66.8 Å². The van der Waals surface area contributed by atoms with Gasteiger partial charge in [-0.05, 0) is 57.2 Å². The van der Waals surface area contributed by atoms with E-state index in [-0.39, 0.29) is 29.6 Å². The van der Waals surface area contributed by atoms with Crippen LogP contribution in [-0.2, 0) is 0 Å². The molecule has 194 valence electrons. The average molecular weight is 500 g/mol. The largest absolute Gasteiger partial charge is 0.355 e. The maximum absolute atomic E-state index is 13.9. The summed E-state index contributed by atoms with van der Waals surface area (Å²) in [6.07, 6.45) is 7.33. The van der Waals surface area contributed by atoms with Gasteiger partial charge in [-0.2, -0.15) is 10.2 Å². The number of piperazine rings is 1. The van der Waals surface area contributed by atoms with Crippen molar-refractivity contribution in [3.8, 4) is 11.8 Å². The van der Waals surface area contributed by atoms with Crippen LogP contribution < -0.4 is 15.9 Å². The Hall–Kier alpha value is -3.31. The molecule has 0 bridgehead atoms. The van der Waals surface area contributed by atoms with Crippen molar-refractivity contribution in [3.63, 3.8) is 0 Å². The topological polar surface area (TPSA) is 99.7 Å². The number of hydrogen-bond acceptors (Lipinski definition) is 7. The number of pyridine rings is 2. The van der Waals surface area contributed by atoms with E-state index in [0.29, 0.717) is 17.0 Å². The standard InChI is InChI=1S/C29H37N7O/c1-17(2)24-26(18(3)11-12-31-24)36-28-23(13-22(14-30)25(33-28)21-9-7-6-8-10-21)27(34-29(36)37)35-16-19(4)32-15-20(35)5/h11-13,17,19-21,32H,6-10,15-16H2,1-5H3/t19-,20+/m1/s1. The maximum atomic E-state index is 13.9. The second-order valence-corrected chi connectivity index (χ2v) is 11.1. The van der Waals surface area contributed by atoms with Crippen molar-refractivity contribution < 1.29 is 0 Å². The minimum atomic E-state index is -0.356. The zero-order chi connectivity index (χ0) is 26.3. The number of fused-ring (bicyclic) bond motifs is 1. The van der Waals surface area contributed by atoms with Gasteiger partial charge in [0.1, 0.15) is 11.9 Å². The second-order valence-electron chi connectivity index (χ2n) is 11.1. The minimum absolute atomic E-state index is 0.113. The Kier molecular flexibility index (Phi) is 7.00. The molecule has 1 N–H and O–H groups in total. The molecule has 0 spiro atoms. The normalized spacial score (nSPS) is 20.9. The highest BCUT2D eigenvalue weighted by molar-refractivity contribution is 5.90. The molecule has 1 aliphatic heterocycles. The Balaban J connectivity index is 1.86. The summed E-state index contributed by atoms with van der Waals surface area (Å²) in [5.74, 6) is 0.955. The highest BCUT2D eigenvalue weighted by atomic mass is 16.1. The lowest BCUT2D eigenvalue weighted by atomic mass is 9.85. The lowest BCUT2D eigenvalue weighted by molar-refractivity contribution is 0.423.